The summed E-state index contributed by atoms with van der Waals surface area (Å²) in [6, 6.07) is 4.70. The van der Waals surface area contributed by atoms with E-state index in [0.717, 1.165) is 5.69 Å². The molecule has 1 aliphatic heterocycles. The van der Waals surface area contributed by atoms with Crippen molar-refractivity contribution >= 4 is 23.3 Å². The molecule has 2 rings (SSSR count). The molecule has 0 radical (unpaired) electrons. The van der Waals surface area contributed by atoms with Crippen LogP contribution in [-0.2, 0) is 4.79 Å². The zero-order valence-corrected chi connectivity index (χ0v) is 10.0. The van der Waals surface area contributed by atoms with Gasteiger partial charge in [-0.1, -0.05) is 0 Å². The SMILES string of the molecule is CC(CN)N1CC(=O)Nc2cc(C(=O)O)ccc21. The lowest BCUT2D eigenvalue weighted by Gasteiger charge is -2.35. The van der Waals surface area contributed by atoms with Gasteiger partial charge < -0.3 is 21.1 Å². The molecule has 0 aliphatic carbocycles. The number of carbonyl (C=O) groups is 2. The van der Waals surface area contributed by atoms with Gasteiger partial charge in [-0.2, -0.15) is 0 Å². The summed E-state index contributed by atoms with van der Waals surface area (Å²) >= 11 is 0. The van der Waals surface area contributed by atoms with Gasteiger partial charge in [0, 0.05) is 12.6 Å². The topological polar surface area (TPSA) is 95.7 Å². The molecule has 1 atom stereocenters. The fourth-order valence-electron chi connectivity index (χ4n) is 1.97. The number of carbonyl (C=O) groups excluding carboxylic acids is 1. The lowest BCUT2D eigenvalue weighted by Crippen LogP contribution is -2.46. The first kappa shape index (κ1) is 12.4. The Hall–Kier alpha value is -2.08. The molecule has 1 aromatic rings. The molecular weight excluding hydrogens is 234 g/mol. The largest absolute Gasteiger partial charge is 0.478 e. The number of carboxylic acid groups (broad SMARTS) is 1. The molecule has 1 amide bonds. The van der Waals surface area contributed by atoms with Crippen molar-refractivity contribution in [2.24, 2.45) is 5.73 Å². The van der Waals surface area contributed by atoms with Gasteiger partial charge in [-0.3, -0.25) is 4.79 Å². The van der Waals surface area contributed by atoms with Crippen LogP contribution < -0.4 is 16.0 Å². The van der Waals surface area contributed by atoms with Gasteiger partial charge in [0.25, 0.3) is 0 Å². The molecule has 6 nitrogen and oxygen atoms in total. The van der Waals surface area contributed by atoms with Crippen LogP contribution in [0.5, 0.6) is 0 Å². The second kappa shape index (κ2) is 4.66. The molecule has 0 spiro atoms. The van der Waals surface area contributed by atoms with Gasteiger partial charge in [-0.05, 0) is 25.1 Å². The zero-order chi connectivity index (χ0) is 13.3. The molecular formula is C12H15N3O3. The summed E-state index contributed by atoms with van der Waals surface area (Å²) in [5.74, 6) is -1.18. The van der Waals surface area contributed by atoms with Crippen LogP contribution >= 0.6 is 0 Å². The molecule has 0 bridgehead atoms. The number of rotatable bonds is 3. The second-order valence-electron chi connectivity index (χ2n) is 4.30. The Balaban J connectivity index is 2.44. The molecule has 96 valence electrons. The number of nitrogens with two attached hydrogens (primary N) is 1. The summed E-state index contributed by atoms with van der Waals surface area (Å²) in [6.07, 6.45) is 0. The molecule has 1 aromatic carbocycles. The Kier molecular flexibility index (Phi) is 3.20. The van der Waals surface area contributed by atoms with Gasteiger partial charge in [0.2, 0.25) is 5.91 Å². The Morgan fingerprint density at radius 3 is 2.94 bits per heavy atom. The third kappa shape index (κ3) is 2.14. The van der Waals surface area contributed by atoms with Crippen molar-refractivity contribution in [3.63, 3.8) is 0 Å². The van der Waals surface area contributed by atoms with E-state index in [1.165, 1.54) is 12.1 Å². The minimum Gasteiger partial charge on any atom is -0.478 e. The number of nitrogens with zero attached hydrogens (tertiary/aromatic N) is 1. The minimum atomic E-state index is -1.02. The Morgan fingerprint density at radius 1 is 1.61 bits per heavy atom. The molecule has 1 unspecified atom stereocenters. The van der Waals surface area contributed by atoms with Gasteiger partial charge in [0.05, 0.1) is 23.5 Å². The van der Waals surface area contributed by atoms with Crippen LogP contribution in [0, 0.1) is 0 Å². The molecule has 1 aliphatic rings. The Bertz CT molecular complexity index is 501. The average Bonchev–Trinajstić information content (AvgIpc) is 2.35. The number of carboxylic acids is 1. The van der Waals surface area contributed by atoms with Crippen molar-refractivity contribution in [1.29, 1.82) is 0 Å². The van der Waals surface area contributed by atoms with E-state index in [-0.39, 0.29) is 24.1 Å². The first-order valence-corrected chi connectivity index (χ1v) is 5.67. The van der Waals surface area contributed by atoms with E-state index in [9.17, 15) is 9.59 Å². The summed E-state index contributed by atoms with van der Waals surface area (Å²) in [6.45, 7) is 2.58. The summed E-state index contributed by atoms with van der Waals surface area (Å²) in [7, 11) is 0. The van der Waals surface area contributed by atoms with Gasteiger partial charge in [0.15, 0.2) is 0 Å². The molecule has 4 N–H and O–H groups in total. The average molecular weight is 249 g/mol. The van der Waals surface area contributed by atoms with Crippen LogP contribution in [0.4, 0.5) is 11.4 Å². The lowest BCUT2D eigenvalue weighted by atomic mass is 10.1. The van der Waals surface area contributed by atoms with Crippen LogP contribution in [0.3, 0.4) is 0 Å². The van der Waals surface area contributed by atoms with E-state index >= 15 is 0 Å². The lowest BCUT2D eigenvalue weighted by molar-refractivity contribution is -0.115. The van der Waals surface area contributed by atoms with Crippen molar-refractivity contribution in [2.45, 2.75) is 13.0 Å². The predicted molar refractivity (Wildman–Crippen MR) is 67.9 cm³/mol. The maximum Gasteiger partial charge on any atom is 0.335 e. The number of aromatic carboxylic acids is 1. The quantitative estimate of drug-likeness (QED) is 0.724. The van der Waals surface area contributed by atoms with Crippen molar-refractivity contribution in [1.82, 2.24) is 0 Å². The third-order valence-electron chi connectivity index (χ3n) is 3.01. The van der Waals surface area contributed by atoms with Crippen LogP contribution in [0.15, 0.2) is 18.2 Å². The normalized spacial score (nSPS) is 15.9. The molecule has 0 saturated heterocycles. The summed E-state index contributed by atoms with van der Waals surface area (Å²) in [4.78, 5) is 24.4. The zero-order valence-electron chi connectivity index (χ0n) is 10.0. The number of fused-ring (bicyclic) bond motifs is 1. The predicted octanol–water partition coefficient (Wildman–Crippen LogP) is 0.491. The Morgan fingerprint density at radius 2 is 2.33 bits per heavy atom. The number of amides is 1. The van der Waals surface area contributed by atoms with Crippen LogP contribution in [0.1, 0.15) is 17.3 Å². The summed E-state index contributed by atoms with van der Waals surface area (Å²) in [5, 5.41) is 11.6. The van der Waals surface area contributed by atoms with Gasteiger partial charge in [0.1, 0.15) is 0 Å². The highest BCUT2D eigenvalue weighted by Gasteiger charge is 2.25. The molecule has 18 heavy (non-hydrogen) atoms. The number of hydrogen-bond donors (Lipinski definition) is 3. The minimum absolute atomic E-state index is 0.0190. The van der Waals surface area contributed by atoms with Gasteiger partial charge in [-0.15, -0.1) is 0 Å². The van der Waals surface area contributed by atoms with Crippen LogP contribution in [0.25, 0.3) is 0 Å². The molecule has 0 fully saturated rings. The van der Waals surface area contributed by atoms with E-state index in [1.54, 1.807) is 6.07 Å². The van der Waals surface area contributed by atoms with Crippen molar-refractivity contribution in [2.75, 3.05) is 23.3 Å². The Labute approximate surface area is 104 Å². The highest BCUT2D eigenvalue weighted by Crippen LogP contribution is 2.31. The molecule has 0 saturated carbocycles. The summed E-state index contributed by atoms with van der Waals surface area (Å²) in [5.41, 5.74) is 7.09. The van der Waals surface area contributed by atoms with E-state index in [0.29, 0.717) is 12.2 Å². The maximum absolute atomic E-state index is 11.6. The molecule has 0 aromatic heterocycles. The smallest absolute Gasteiger partial charge is 0.335 e. The number of hydrogen-bond acceptors (Lipinski definition) is 4. The van der Waals surface area contributed by atoms with Crippen molar-refractivity contribution in [3.05, 3.63) is 23.8 Å². The van der Waals surface area contributed by atoms with E-state index < -0.39 is 5.97 Å². The second-order valence-corrected chi connectivity index (χ2v) is 4.30. The standard InChI is InChI=1S/C12H15N3O3/c1-7(5-13)15-6-11(16)14-9-4-8(12(17)18)2-3-10(9)15/h2-4,7H,5-6,13H2,1H3,(H,14,16)(H,17,18). The van der Waals surface area contributed by atoms with E-state index in [2.05, 4.69) is 5.32 Å². The molecule has 6 heteroatoms. The molecule has 1 heterocycles. The third-order valence-corrected chi connectivity index (χ3v) is 3.01. The van der Waals surface area contributed by atoms with Crippen LogP contribution in [-0.4, -0.2) is 36.1 Å². The van der Waals surface area contributed by atoms with Crippen LogP contribution in [0.2, 0.25) is 0 Å². The number of nitrogens with one attached hydrogen (secondary N) is 1. The fourth-order valence-corrected chi connectivity index (χ4v) is 1.97. The van der Waals surface area contributed by atoms with Gasteiger partial charge >= 0.3 is 5.97 Å². The van der Waals surface area contributed by atoms with E-state index in [4.69, 9.17) is 10.8 Å². The monoisotopic (exact) mass is 249 g/mol. The number of benzene rings is 1. The number of anilines is 2. The van der Waals surface area contributed by atoms with E-state index in [1.807, 2.05) is 11.8 Å². The highest BCUT2D eigenvalue weighted by molar-refractivity contribution is 6.03. The highest BCUT2D eigenvalue weighted by atomic mass is 16.4. The van der Waals surface area contributed by atoms with Gasteiger partial charge in [-0.25, -0.2) is 4.79 Å². The van der Waals surface area contributed by atoms with Crippen molar-refractivity contribution in [3.8, 4) is 0 Å². The van der Waals surface area contributed by atoms with Crippen molar-refractivity contribution < 1.29 is 14.7 Å². The fraction of sp³-hybridized carbons (Fsp3) is 0.333. The first-order valence-electron chi connectivity index (χ1n) is 5.67. The first-order chi connectivity index (χ1) is 8.52. The summed E-state index contributed by atoms with van der Waals surface area (Å²) < 4.78 is 0. The maximum atomic E-state index is 11.6.